The number of carbonyl (C=O) groups excluding carboxylic acids is 1. The number of nitrogens with zero attached hydrogens (tertiary/aromatic N) is 3. The lowest BCUT2D eigenvalue weighted by Gasteiger charge is -2.07. The lowest BCUT2D eigenvalue weighted by Crippen LogP contribution is -2.19. The van der Waals surface area contributed by atoms with E-state index in [1.165, 1.54) is 28.2 Å². The van der Waals surface area contributed by atoms with Crippen molar-refractivity contribution in [1.82, 2.24) is 14.8 Å². The molecule has 3 aromatic heterocycles. The number of sulfone groups is 1. The fourth-order valence-electron chi connectivity index (χ4n) is 2.81. The van der Waals surface area contributed by atoms with Crippen LogP contribution in [0.2, 0.25) is 0 Å². The Hall–Kier alpha value is -3.24. The van der Waals surface area contributed by atoms with Gasteiger partial charge in [-0.05, 0) is 31.2 Å². The normalized spacial score (nSPS) is 11.5. The molecule has 0 aliphatic carbocycles. The summed E-state index contributed by atoms with van der Waals surface area (Å²) < 4.78 is 31.6. The van der Waals surface area contributed by atoms with Gasteiger partial charge in [0.15, 0.2) is 15.6 Å². The molecule has 1 N–H and O–H groups in total. The molecule has 0 aliphatic heterocycles. The van der Waals surface area contributed by atoms with Gasteiger partial charge in [0.2, 0.25) is 11.0 Å². The third kappa shape index (κ3) is 4.34. The Morgan fingerprint density at radius 2 is 2.00 bits per heavy atom. The third-order valence-corrected chi connectivity index (χ3v) is 6.79. The Balaban J connectivity index is 1.47. The zero-order valence-corrected chi connectivity index (χ0v) is 17.6. The first-order valence-corrected chi connectivity index (χ1v) is 11.6. The van der Waals surface area contributed by atoms with Crippen molar-refractivity contribution < 1.29 is 17.6 Å². The predicted octanol–water partition coefficient (Wildman–Crippen LogP) is 3.70. The first kappa shape index (κ1) is 20.0. The number of aryl methyl sites for hydroxylation is 1. The van der Waals surface area contributed by atoms with Crippen LogP contribution in [0.25, 0.3) is 16.6 Å². The van der Waals surface area contributed by atoms with Crippen molar-refractivity contribution >= 4 is 32.9 Å². The highest BCUT2D eigenvalue weighted by Gasteiger charge is 2.19. The molecule has 1 amide bonds. The first-order valence-electron chi connectivity index (χ1n) is 9.06. The number of furan rings is 1. The minimum atomic E-state index is -3.53. The SMILES string of the molecule is Cc1cc(NC(=O)CCS(=O)(=O)c2ccccc2)n(-c2nc(-c3ccco3)cs2)n1. The summed E-state index contributed by atoms with van der Waals surface area (Å²) in [6.07, 6.45) is 1.40. The molecule has 0 aliphatic rings. The zero-order valence-electron chi connectivity index (χ0n) is 16.0. The molecule has 0 atom stereocenters. The van der Waals surface area contributed by atoms with Gasteiger partial charge in [0, 0.05) is 17.9 Å². The van der Waals surface area contributed by atoms with Crippen molar-refractivity contribution in [3.05, 3.63) is 65.9 Å². The second-order valence-electron chi connectivity index (χ2n) is 6.51. The van der Waals surface area contributed by atoms with E-state index in [4.69, 9.17) is 4.42 Å². The van der Waals surface area contributed by atoms with Crippen LogP contribution in [-0.2, 0) is 14.6 Å². The molecule has 4 aromatic rings. The van der Waals surface area contributed by atoms with E-state index in [1.54, 1.807) is 43.5 Å². The topological polar surface area (TPSA) is 107 Å². The van der Waals surface area contributed by atoms with Gasteiger partial charge >= 0.3 is 0 Å². The molecule has 0 saturated carbocycles. The van der Waals surface area contributed by atoms with Gasteiger partial charge in [-0.2, -0.15) is 9.78 Å². The maximum absolute atomic E-state index is 12.4. The Kier molecular flexibility index (Phi) is 5.51. The maximum atomic E-state index is 12.4. The number of aromatic nitrogens is 3. The van der Waals surface area contributed by atoms with E-state index in [0.29, 0.717) is 28.1 Å². The number of anilines is 1. The van der Waals surface area contributed by atoms with Crippen LogP contribution < -0.4 is 5.32 Å². The Morgan fingerprint density at radius 3 is 2.73 bits per heavy atom. The van der Waals surface area contributed by atoms with Gasteiger partial charge in [0.1, 0.15) is 11.5 Å². The molecule has 8 nitrogen and oxygen atoms in total. The highest BCUT2D eigenvalue weighted by Crippen LogP contribution is 2.26. The molecular weight excluding hydrogens is 424 g/mol. The predicted molar refractivity (Wildman–Crippen MR) is 113 cm³/mol. The van der Waals surface area contributed by atoms with Gasteiger partial charge in [0.25, 0.3) is 0 Å². The van der Waals surface area contributed by atoms with Gasteiger partial charge in [-0.1, -0.05) is 18.2 Å². The van der Waals surface area contributed by atoms with Crippen molar-refractivity contribution in [3.8, 4) is 16.6 Å². The lowest BCUT2D eigenvalue weighted by molar-refractivity contribution is -0.115. The number of nitrogens with one attached hydrogen (secondary N) is 1. The van der Waals surface area contributed by atoms with E-state index in [0.717, 1.165) is 0 Å². The van der Waals surface area contributed by atoms with Gasteiger partial charge in [-0.3, -0.25) is 4.79 Å². The highest BCUT2D eigenvalue weighted by atomic mass is 32.2. The summed E-state index contributed by atoms with van der Waals surface area (Å²) in [7, 11) is -3.53. The zero-order chi connectivity index (χ0) is 21.1. The molecule has 0 bridgehead atoms. The van der Waals surface area contributed by atoms with Crippen molar-refractivity contribution in [3.63, 3.8) is 0 Å². The number of hydrogen-bond acceptors (Lipinski definition) is 7. The van der Waals surface area contributed by atoms with Crippen LogP contribution in [0.3, 0.4) is 0 Å². The second-order valence-corrected chi connectivity index (χ2v) is 9.45. The summed E-state index contributed by atoms with van der Waals surface area (Å²) >= 11 is 1.35. The highest BCUT2D eigenvalue weighted by molar-refractivity contribution is 7.91. The van der Waals surface area contributed by atoms with Gasteiger partial charge < -0.3 is 9.73 Å². The van der Waals surface area contributed by atoms with Crippen LogP contribution in [0.4, 0.5) is 5.82 Å². The van der Waals surface area contributed by atoms with Crippen molar-refractivity contribution in [2.75, 3.05) is 11.1 Å². The molecule has 30 heavy (non-hydrogen) atoms. The van der Waals surface area contributed by atoms with E-state index in [-0.39, 0.29) is 17.1 Å². The Bertz CT molecular complexity index is 1260. The van der Waals surface area contributed by atoms with Crippen molar-refractivity contribution in [2.24, 2.45) is 0 Å². The standard InChI is InChI=1S/C20H18N4O4S2/c1-14-12-18(22-19(25)9-11-30(26,27)15-6-3-2-4-7-15)24(23-14)20-21-16(13-29-20)17-8-5-10-28-17/h2-8,10,12-13H,9,11H2,1H3,(H,22,25). The summed E-state index contributed by atoms with van der Waals surface area (Å²) in [5.41, 5.74) is 1.36. The number of carbonyl (C=O) groups is 1. The summed E-state index contributed by atoms with van der Waals surface area (Å²) in [6, 6.07) is 13.4. The number of hydrogen-bond donors (Lipinski definition) is 1. The van der Waals surface area contributed by atoms with Crippen LogP contribution in [0.15, 0.2) is 69.5 Å². The first-order chi connectivity index (χ1) is 14.4. The number of benzene rings is 1. The molecule has 0 radical (unpaired) electrons. The monoisotopic (exact) mass is 442 g/mol. The number of amides is 1. The van der Waals surface area contributed by atoms with Gasteiger partial charge in [-0.15, -0.1) is 11.3 Å². The molecular formula is C20H18N4O4S2. The van der Waals surface area contributed by atoms with E-state index in [1.807, 2.05) is 11.4 Å². The minimum Gasteiger partial charge on any atom is -0.463 e. The molecule has 3 heterocycles. The van der Waals surface area contributed by atoms with E-state index in [9.17, 15) is 13.2 Å². The molecule has 0 fully saturated rings. The summed E-state index contributed by atoms with van der Waals surface area (Å²) in [5, 5.41) is 9.52. The molecule has 4 rings (SSSR count). The molecule has 0 saturated heterocycles. The Morgan fingerprint density at radius 1 is 1.20 bits per heavy atom. The molecule has 1 aromatic carbocycles. The average molecular weight is 443 g/mol. The van der Waals surface area contributed by atoms with E-state index >= 15 is 0 Å². The summed E-state index contributed by atoms with van der Waals surface area (Å²) in [6.45, 7) is 1.80. The second kappa shape index (κ2) is 8.25. The van der Waals surface area contributed by atoms with Crippen molar-refractivity contribution in [1.29, 1.82) is 0 Å². The fourth-order valence-corrected chi connectivity index (χ4v) is 4.85. The summed E-state index contributed by atoms with van der Waals surface area (Å²) in [4.78, 5) is 17.1. The number of rotatable bonds is 7. The summed E-state index contributed by atoms with van der Waals surface area (Å²) in [5.74, 6) is 0.363. The van der Waals surface area contributed by atoms with Crippen LogP contribution in [0, 0.1) is 6.92 Å². The van der Waals surface area contributed by atoms with E-state index < -0.39 is 15.7 Å². The van der Waals surface area contributed by atoms with Gasteiger partial charge in [-0.25, -0.2) is 13.4 Å². The average Bonchev–Trinajstić information content (AvgIpc) is 3.48. The number of thiazole rings is 1. The fraction of sp³-hybridized carbons (Fsp3) is 0.150. The van der Waals surface area contributed by atoms with Crippen LogP contribution in [0.1, 0.15) is 12.1 Å². The van der Waals surface area contributed by atoms with Crippen LogP contribution in [0.5, 0.6) is 0 Å². The quantitative estimate of drug-likeness (QED) is 0.468. The maximum Gasteiger partial charge on any atom is 0.226 e. The molecule has 0 unspecified atom stereocenters. The smallest absolute Gasteiger partial charge is 0.226 e. The van der Waals surface area contributed by atoms with Gasteiger partial charge in [0.05, 0.1) is 22.6 Å². The third-order valence-electron chi connectivity index (χ3n) is 4.25. The van der Waals surface area contributed by atoms with Crippen LogP contribution >= 0.6 is 11.3 Å². The lowest BCUT2D eigenvalue weighted by atomic mass is 10.4. The van der Waals surface area contributed by atoms with E-state index in [2.05, 4.69) is 15.4 Å². The molecule has 0 spiro atoms. The molecule has 154 valence electrons. The van der Waals surface area contributed by atoms with Crippen LogP contribution in [-0.4, -0.2) is 34.8 Å². The molecule has 10 heteroatoms. The minimum absolute atomic E-state index is 0.170. The Labute approximate surface area is 177 Å². The van der Waals surface area contributed by atoms with Crippen molar-refractivity contribution in [2.45, 2.75) is 18.2 Å². The largest absolute Gasteiger partial charge is 0.463 e.